The first kappa shape index (κ1) is 50.4. The molecule has 0 aromatic carbocycles. The molecule has 0 aliphatic rings. The summed E-state index contributed by atoms with van der Waals surface area (Å²) in [5.41, 5.74) is 21.1. The van der Waals surface area contributed by atoms with Gasteiger partial charge in [-0.05, 0) is 51.9 Å². The molecule has 0 saturated heterocycles. The molecule has 0 amide bonds. The number of hydrogen-bond acceptors (Lipinski definition) is 16. The van der Waals surface area contributed by atoms with Crippen LogP contribution in [0.4, 0.5) is 0 Å². The molecular weight excluding hydrogens is 542 g/mol. The van der Waals surface area contributed by atoms with Crippen LogP contribution < -0.4 is 22.9 Å². The predicted molar refractivity (Wildman–Crippen MR) is 116 cm³/mol. The third-order valence-corrected chi connectivity index (χ3v) is 2.32. The van der Waals surface area contributed by atoms with Crippen molar-refractivity contribution in [3.63, 3.8) is 0 Å². The van der Waals surface area contributed by atoms with Crippen molar-refractivity contribution >= 4 is 65.9 Å². The van der Waals surface area contributed by atoms with E-state index in [-0.39, 0.29) is 34.7 Å². The Morgan fingerprint density at radius 3 is 0.515 bits per heavy atom. The fourth-order valence-electron chi connectivity index (χ4n) is 1.28. The SMILES string of the molecule is NCCCCCCN.NCCCCCCN.O=S(=O)([O-])[O-].O=S(=O)([O-])[O-].O=S(=O)([O-])[O-].[Al+3].[Al+3]. The Hall–Kier alpha value is 0.515. The van der Waals surface area contributed by atoms with Crippen LogP contribution in [0.2, 0.25) is 0 Å². The van der Waals surface area contributed by atoms with Crippen LogP contribution in [0.3, 0.4) is 0 Å². The minimum atomic E-state index is -5.17. The molecule has 0 bridgehead atoms. The molecule has 0 fully saturated rings. The summed E-state index contributed by atoms with van der Waals surface area (Å²) in [5, 5.41) is 0. The monoisotopic (exact) mass is 574 g/mol. The smallest absolute Gasteiger partial charge is 0.759 e. The van der Waals surface area contributed by atoms with Crippen LogP contribution in [-0.4, -0.2) is 113 Å². The summed E-state index contributed by atoms with van der Waals surface area (Å²) in [6, 6.07) is 0. The van der Waals surface area contributed by atoms with E-state index < -0.39 is 31.2 Å². The zero-order chi connectivity index (χ0) is 26.0. The largest absolute Gasteiger partial charge is 3.00 e. The van der Waals surface area contributed by atoms with E-state index in [9.17, 15) is 0 Å². The van der Waals surface area contributed by atoms with Crippen LogP contribution in [0.5, 0.6) is 0 Å². The summed E-state index contributed by atoms with van der Waals surface area (Å²) in [6.07, 6.45) is 9.59. The molecule has 0 radical (unpaired) electrons. The van der Waals surface area contributed by atoms with Gasteiger partial charge in [0.15, 0.2) is 0 Å². The minimum absolute atomic E-state index is 0. The van der Waals surface area contributed by atoms with Crippen LogP contribution >= 0.6 is 0 Å². The molecule has 8 N–H and O–H groups in total. The molecule has 196 valence electrons. The van der Waals surface area contributed by atoms with E-state index in [1.165, 1.54) is 25.7 Å². The fourth-order valence-corrected chi connectivity index (χ4v) is 1.28. The maximum atomic E-state index is 8.52. The average Bonchev–Trinajstić information content (AvgIpc) is 2.52. The Balaban J connectivity index is -0.0000000514. The molecule has 0 aliphatic carbocycles. The van der Waals surface area contributed by atoms with Crippen molar-refractivity contribution in [2.24, 2.45) is 22.9 Å². The van der Waals surface area contributed by atoms with Gasteiger partial charge in [0.2, 0.25) is 0 Å². The van der Waals surface area contributed by atoms with Gasteiger partial charge >= 0.3 is 34.7 Å². The molecule has 0 atom stereocenters. The Morgan fingerprint density at radius 2 is 0.455 bits per heavy atom. The summed E-state index contributed by atoms with van der Waals surface area (Å²) in [7, 11) is -15.5. The quantitative estimate of drug-likeness (QED) is 0.0839. The Kier molecular flexibility index (Phi) is 53.0. The van der Waals surface area contributed by atoms with Crippen molar-refractivity contribution < 1.29 is 52.6 Å². The second-order valence-corrected chi connectivity index (χ2v) is 7.66. The van der Waals surface area contributed by atoms with E-state index in [0.29, 0.717) is 0 Å². The molecule has 0 unspecified atom stereocenters. The molecule has 0 heterocycles. The number of unbranched alkanes of at least 4 members (excludes halogenated alkanes) is 6. The first-order valence-corrected chi connectivity index (χ1v) is 12.6. The molecule has 33 heavy (non-hydrogen) atoms. The molecule has 0 saturated carbocycles. The van der Waals surface area contributed by atoms with Gasteiger partial charge in [0.1, 0.15) is 0 Å². The first-order chi connectivity index (χ1) is 13.8. The van der Waals surface area contributed by atoms with E-state index in [1.54, 1.807) is 0 Å². The summed E-state index contributed by atoms with van der Waals surface area (Å²) in [5.74, 6) is 0. The second-order valence-electron chi connectivity index (χ2n) is 5.21. The molecule has 21 heteroatoms. The molecule has 0 aromatic heterocycles. The summed E-state index contributed by atoms with van der Waals surface area (Å²) in [6.45, 7) is 3.30. The first-order valence-electron chi connectivity index (χ1n) is 8.63. The molecular formula is C12H32Al2N4O12S3. The van der Waals surface area contributed by atoms with Crippen LogP contribution in [-0.2, 0) is 31.2 Å². The van der Waals surface area contributed by atoms with Crippen molar-refractivity contribution in [3.05, 3.63) is 0 Å². The van der Waals surface area contributed by atoms with Crippen LogP contribution in [0.1, 0.15) is 51.4 Å². The summed E-state index contributed by atoms with van der Waals surface area (Å²) < 4.78 is 102. The number of hydrogen-bond donors (Lipinski definition) is 4. The van der Waals surface area contributed by atoms with Gasteiger partial charge in [-0.2, -0.15) is 0 Å². The third kappa shape index (κ3) is 274. The van der Waals surface area contributed by atoms with Gasteiger partial charge in [-0.3, -0.25) is 25.3 Å². The van der Waals surface area contributed by atoms with E-state index in [0.717, 1.165) is 51.9 Å². The van der Waals surface area contributed by atoms with Gasteiger partial charge in [-0.1, -0.05) is 25.7 Å². The van der Waals surface area contributed by atoms with Crippen LogP contribution in [0.25, 0.3) is 0 Å². The van der Waals surface area contributed by atoms with Crippen molar-refractivity contribution in [1.29, 1.82) is 0 Å². The normalized spacial score (nSPS) is 10.0. The van der Waals surface area contributed by atoms with Crippen molar-refractivity contribution in [3.8, 4) is 0 Å². The Labute approximate surface area is 218 Å². The molecule has 0 spiro atoms. The Bertz CT molecular complexity index is 533. The maximum absolute atomic E-state index is 8.52. The Morgan fingerprint density at radius 1 is 0.364 bits per heavy atom. The van der Waals surface area contributed by atoms with Crippen molar-refractivity contribution in [1.82, 2.24) is 0 Å². The van der Waals surface area contributed by atoms with E-state index in [4.69, 9.17) is 75.5 Å². The van der Waals surface area contributed by atoms with E-state index in [1.807, 2.05) is 0 Å². The molecule has 0 aliphatic heterocycles. The van der Waals surface area contributed by atoms with Gasteiger partial charge in [-0.25, -0.2) is 0 Å². The van der Waals surface area contributed by atoms with Crippen molar-refractivity contribution in [2.45, 2.75) is 51.4 Å². The van der Waals surface area contributed by atoms with Crippen molar-refractivity contribution in [2.75, 3.05) is 26.2 Å². The molecule has 0 aromatic rings. The van der Waals surface area contributed by atoms with Gasteiger partial charge in [0.05, 0.1) is 0 Å². The fraction of sp³-hybridized carbons (Fsp3) is 1.00. The minimum Gasteiger partial charge on any atom is -0.759 e. The van der Waals surface area contributed by atoms with Crippen LogP contribution in [0, 0.1) is 0 Å². The predicted octanol–water partition coefficient (Wildman–Crippen LogP) is -3.85. The van der Waals surface area contributed by atoms with Crippen LogP contribution in [0.15, 0.2) is 0 Å². The maximum Gasteiger partial charge on any atom is 3.00 e. The van der Waals surface area contributed by atoms with E-state index >= 15 is 0 Å². The third-order valence-electron chi connectivity index (χ3n) is 2.32. The zero-order valence-electron chi connectivity index (χ0n) is 18.1. The topological polar surface area (TPSA) is 345 Å². The second kappa shape index (κ2) is 34.7. The molecule has 0 rings (SSSR count). The van der Waals surface area contributed by atoms with Gasteiger partial charge in [0.25, 0.3) is 0 Å². The summed E-state index contributed by atoms with van der Waals surface area (Å²) in [4.78, 5) is 0. The summed E-state index contributed by atoms with van der Waals surface area (Å²) >= 11 is 0. The number of rotatable bonds is 10. The molecule has 16 nitrogen and oxygen atoms in total. The van der Waals surface area contributed by atoms with Gasteiger partial charge in [-0.15, -0.1) is 0 Å². The zero-order valence-corrected chi connectivity index (χ0v) is 22.8. The number of nitrogens with two attached hydrogens (primary N) is 4. The van der Waals surface area contributed by atoms with Gasteiger partial charge < -0.3 is 50.3 Å². The van der Waals surface area contributed by atoms with Gasteiger partial charge in [0, 0.05) is 31.2 Å². The van der Waals surface area contributed by atoms with E-state index in [2.05, 4.69) is 0 Å². The average molecular weight is 575 g/mol. The standard InChI is InChI=1S/2C6H16N2.2Al.3H2O4S/c2*7-5-3-1-2-4-6-8;;;3*1-5(2,3)4/h2*1-8H2;;;3*(H2,1,2,3,4)/q;;2*+3;;;/p-6.